The maximum absolute atomic E-state index is 2.47. The van der Waals surface area contributed by atoms with Crippen molar-refractivity contribution in [3.63, 3.8) is 0 Å². The smallest absolute Gasteiger partial charge is 0.0534 e. The van der Waals surface area contributed by atoms with E-state index in [1.807, 2.05) is 0 Å². The number of fused-ring (bicyclic) bond motifs is 1. The minimum Gasteiger partial charge on any atom is -0.360 e. The van der Waals surface area contributed by atoms with Crippen LogP contribution >= 0.6 is 0 Å². The Morgan fingerprint density at radius 2 is 1.80 bits per heavy atom. The first-order valence-corrected chi connectivity index (χ1v) is 5.60. The molecular weight excluding hydrogens is 182 g/mol. The van der Waals surface area contributed by atoms with Gasteiger partial charge in [0.05, 0.1) is 5.54 Å². The van der Waals surface area contributed by atoms with Crippen LogP contribution in [0.2, 0.25) is 0 Å². The molecule has 1 aromatic rings. The Morgan fingerprint density at radius 1 is 1.13 bits per heavy atom. The summed E-state index contributed by atoms with van der Waals surface area (Å²) >= 11 is 0. The third-order valence-corrected chi connectivity index (χ3v) is 3.00. The van der Waals surface area contributed by atoms with Crippen LogP contribution in [0.15, 0.2) is 30.3 Å². The summed E-state index contributed by atoms with van der Waals surface area (Å²) in [4.78, 5) is 2.47. The van der Waals surface area contributed by atoms with Crippen molar-refractivity contribution in [2.24, 2.45) is 0 Å². The van der Waals surface area contributed by atoms with Crippen LogP contribution in [0.3, 0.4) is 0 Å². The van der Waals surface area contributed by atoms with Crippen molar-refractivity contribution in [2.75, 3.05) is 4.90 Å². The second-order valence-corrected chi connectivity index (χ2v) is 5.01. The number of nitrogens with zero attached hydrogens (tertiary/aromatic N) is 1. The van der Waals surface area contributed by atoms with E-state index < -0.39 is 0 Å². The van der Waals surface area contributed by atoms with Gasteiger partial charge in [-0.25, -0.2) is 0 Å². The van der Waals surface area contributed by atoms with E-state index in [-0.39, 0.29) is 5.54 Å². The summed E-state index contributed by atoms with van der Waals surface area (Å²) in [6.07, 6.45) is 4.52. The van der Waals surface area contributed by atoms with Gasteiger partial charge in [-0.3, -0.25) is 0 Å². The lowest BCUT2D eigenvalue weighted by atomic mass is 9.92. The number of para-hydroxylation sites is 1. The van der Waals surface area contributed by atoms with E-state index in [2.05, 4.69) is 69.0 Å². The lowest BCUT2D eigenvalue weighted by molar-refractivity contribution is 0.509. The van der Waals surface area contributed by atoms with E-state index in [0.29, 0.717) is 6.04 Å². The normalized spacial score (nSPS) is 18.1. The fraction of sp³-hybridized carbons (Fsp3) is 0.429. The van der Waals surface area contributed by atoms with Crippen LogP contribution in [-0.2, 0) is 0 Å². The molecular formula is C14H19N. The van der Waals surface area contributed by atoms with Gasteiger partial charge in [-0.2, -0.15) is 0 Å². The molecule has 0 unspecified atom stereocenters. The monoisotopic (exact) mass is 201 g/mol. The van der Waals surface area contributed by atoms with Gasteiger partial charge in [0.1, 0.15) is 0 Å². The fourth-order valence-corrected chi connectivity index (χ4v) is 2.48. The van der Waals surface area contributed by atoms with Gasteiger partial charge >= 0.3 is 0 Å². The van der Waals surface area contributed by atoms with E-state index >= 15 is 0 Å². The summed E-state index contributed by atoms with van der Waals surface area (Å²) < 4.78 is 0. The number of rotatable bonds is 1. The average molecular weight is 201 g/mol. The van der Waals surface area contributed by atoms with Gasteiger partial charge < -0.3 is 4.90 Å². The lowest BCUT2D eigenvalue weighted by Gasteiger charge is -2.44. The summed E-state index contributed by atoms with van der Waals surface area (Å²) in [6.45, 7) is 9.02. The molecule has 1 nitrogen and oxygen atoms in total. The second kappa shape index (κ2) is 3.41. The molecule has 1 heteroatoms. The number of anilines is 1. The second-order valence-electron chi connectivity index (χ2n) is 5.01. The summed E-state index contributed by atoms with van der Waals surface area (Å²) in [5, 5.41) is 0. The minimum absolute atomic E-state index is 0.114. The third-order valence-electron chi connectivity index (χ3n) is 3.00. The molecule has 2 rings (SSSR count). The van der Waals surface area contributed by atoms with Crippen LogP contribution in [-0.4, -0.2) is 11.6 Å². The van der Waals surface area contributed by atoms with Crippen LogP contribution in [0.1, 0.15) is 33.3 Å². The van der Waals surface area contributed by atoms with Gasteiger partial charge in [0.2, 0.25) is 0 Å². The van der Waals surface area contributed by atoms with Gasteiger partial charge in [0, 0.05) is 11.7 Å². The maximum Gasteiger partial charge on any atom is 0.0534 e. The largest absolute Gasteiger partial charge is 0.360 e. The Balaban J connectivity index is 2.55. The van der Waals surface area contributed by atoms with E-state index in [9.17, 15) is 0 Å². The molecule has 0 bridgehead atoms. The first-order valence-electron chi connectivity index (χ1n) is 5.60. The highest BCUT2D eigenvalue weighted by Crippen LogP contribution is 2.35. The van der Waals surface area contributed by atoms with Crippen LogP contribution < -0.4 is 4.90 Å². The van der Waals surface area contributed by atoms with Gasteiger partial charge in [0.15, 0.2) is 0 Å². The average Bonchev–Trinajstić information content (AvgIpc) is 2.15. The molecule has 0 spiro atoms. The lowest BCUT2D eigenvalue weighted by Crippen LogP contribution is -2.48. The SMILES string of the molecule is CC(C)N1c2ccccc2C=CC1(C)C. The molecule has 80 valence electrons. The molecule has 1 aromatic carbocycles. The Morgan fingerprint density at radius 3 is 2.47 bits per heavy atom. The zero-order valence-corrected chi connectivity index (χ0v) is 9.99. The van der Waals surface area contributed by atoms with Crippen molar-refractivity contribution in [2.45, 2.75) is 39.3 Å². The number of hydrogen-bond acceptors (Lipinski definition) is 1. The molecule has 1 aliphatic rings. The molecule has 1 aliphatic heterocycles. The summed E-state index contributed by atoms with van der Waals surface area (Å²) in [5.41, 5.74) is 2.79. The summed E-state index contributed by atoms with van der Waals surface area (Å²) in [7, 11) is 0. The minimum atomic E-state index is 0.114. The Kier molecular flexibility index (Phi) is 2.34. The molecule has 0 amide bonds. The Hall–Kier alpha value is -1.24. The molecule has 0 saturated carbocycles. The molecule has 0 radical (unpaired) electrons. The topological polar surface area (TPSA) is 3.24 Å². The van der Waals surface area contributed by atoms with Crippen molar-refractivity contribution in [3.8, 4) is 0 Å². The van der Waals surface area contributed by atoms with Gasteiger partial charge in [-0.05, 0) is 39.3 Å². The fourth-order valence-electron chi connectivity index (χ4n) is 2.48. The molecule has 0 atom stereocenters. The van der Waals surface area contributed by atoms with Gasteiger partial charge in [0.25, 0.3) is 0 Å². The maximum atomic E-state index is 2.47. The molecule has 0 aromatic heterocycles. The molecule has 0 fully saturated rings. The van der Waals surface area contributed by atoms with E-state index in [4.69, 9.17) is 0 Å². The summed E-state index contributed by atoms with van der Waals surface area (Å²) in [5.74, 6) is 0. The van der Waals surface area contributed by atoms with E-state index in [1.54, 1.807) is 0 Å². The van der Waals surface area contributed by atoms with Crippen molar-refractivity contribution < 1.29 is 0 Å². The van der Waals surface area contributed by atoms with E-state index in [1.165, 1.54) is 11.3 Å². The predicted molar refractivity (Wildman–Crippen MR) is 67.2 cm³/mol. The highest BCUT2D eigenvalue weighted by Gasteiger charge is 2.30. The summed E-state index contributed by atoms with van der Waals surface area (Å²) in [6, 6.07) is 9.12. The van der Waals surface area contributed by atoms with Gasteiger partial charge in [-0.15, -0.1) is 0 Å². The third kappa shape index (κ3) is 1.67. The quantitative estimate of drug-likeness (QED) is 0.669. The van der Waals surface area contributed by atoms with Gasteiger partial charge in [-0.1, -0.05) is 30.4 Å². The van der Waals surface area contributed by atoms with Crippen molar-refractivity contribution in [1.29, 1.82) is 0 Å². The number of hydrogen-bond donors (Lipinski definition) is 0. The first kappa shape index (κ1) is 10.3. The first-order chi connectivity index (χ1) is 7.02. The van der Waals surface area contributed by atoms with Crippen LogP contribution in [0, 0.1) is 0 Å². The zero-order chi connectivity index (χ0) is 11.1. The van der Waals surface area contributed by atoms with Crippen LogP contribution in [0.5, 0.6) is 0 Å². The van der Waals surface area contributed by atoms with E-state index in [0.717, 1.165) is 0 Å². The molecule has 0 aliphatic carbocycles. The molecule has 15 heavy (non-hydrogen) atoms. The van der Waals surface area contributed by atoms with Crippen LogP contribution in [0.25, 0.3) is 6.08 Å². The highest BCUT2D eigenvalue weighted by molar-refractivity contribution is 5.73. The molecule has 0 N–H and O–H groups in total. The Labute approximate surface area is 92.4 Å². The van der Waals surface area contributed by atoms with Crippen molar-refractivity contribution in [3.05, 3.63) is 35.9 Å². The standard InChI is InChI=1S/C14H19N/c1-11(2)15-13-8-6-5-7-12(13)9-10-14(15,3)4/h5-11H,1-4H3. The van der Waals surface area contributed by atoms with Crippen molar-refractivity contribution >= 4 is 11.8 Å². The zero-order valence-electron chi connectivity index (χ0n) is 9.99. The molecule has 1 heterocycles. The highest BCUT2D eigenvalue weighted by atomic mass is 15.2. The van der Waals surface area contributed by atoms with Crippen LogP contribution in [0.4, 0.5) is 5.69 Å². The molecule has 0 saturated heterocycles. The number of benzene rings is 1. The van der Waals surface area contributed by atoms with Crippen molar-refractivity contribution in [1.82, 2.24) is 0 Å². The predicted octanol–water partition coefficient (Wildman–Crippen LogP) is 3.71. The Bertz CT molecular complexity index is 388.